The van der Waals surface area contributed by atoms with E-state index in [-0.39, 0.29) is 17.3 Å². The molecule has 0 bridgehead atoms. The molecule has 164 valence electrons. The second-order valence-corrected chi connectivity index (χ2v) is 7.03. The van der Waals surface area contributed by atoms with Gasteiger partial charge in [0.2, 0.25) is 0 Å². The first-order valence-electron chi connectivity index (χ1n) is 9.99. The van der Waals surface area contributed by atoms with Crippen molar-refractivity contribution < 1.29 is 19.2 Å². The van der Waals surface area contributed by atoms with Gasteiger partial charge in [0.05, 0.1) is 16.5 Å². The fourth-order valence-electron chi connectivity index (χ4n) is 3.26. The fourth-order valence-corrected chi connectivity index (χ4v) is 3.26. The summed E-state index contributed by atoms with van der Waals surface area (Å²) in [6, 6.07) is 22.8. The first-order chi connectivity index (χ1) is 15.5. The third-order valence-electron chi connectivity index (χ3n) is 4.86. The molecule has 0 aliphatic rings. The molecular formula is C24H23N3O5. The molecule has 1 unspecified atom stereocenters. The average molecular weight is 433 g/mol. The molecule has 2 N–H and O–H groups in total. The first-order valence-corrected chi connectivity index (χ1v) is 9.99. The number of non-ortho nitro benzene ring substituents is 1. The van der Waals surface area contributed by atoms with Crippen LogP contribution in [-0.2, 0) is 16.0 Å². The van der Waals surface area contributed by atoms with Gasteiger partial charge in [-0.15, -0.1) is 0 Å². The van der Waals surface area contributed by atoms with Crippen LogP contribution in [0, 0.1) is 10.1 Å². The van der Waals surface area contributed by atoms with Crippen molar-refractivity contribution in [3.63, 3.8) is 0 Å². The van der Waals surface area contributed by atoms with Crippen molar-refractivity contribution in [3.8, 4) is 0 Å². The minimum Gasteiger partial charge on any atom is -0.452 e. The maximum Gasteiger partial charge on any atom is 0.341 e. The number of benzene rings is 3. The Labute approximate surface area is 185 Å². The molecule has 8 heteroatoms. The molecule has 1 atom stereocenters. The molecule has 3 aromatic rings. The highest BCUT2D eigenvalue weighted by Gasteiger charge is 2.20. The third kappa shape index (κ3) is 5.91. The van der Waals surface area contributed by atoms with Crippen LogP contribution in [-0.4, -0.2) is 30.5 Å². The summed E-state index contributed by atoms with van der Waals surface area (Å²) in [5, 5.41) is 16.7. The van der Waals surface area contributed by atoms with Crippen LogP contribution in [0.5, 0.6) is 0 Å². The van der Waals surface area contributed by atoms with E-state index in [9.17, 15) is 19.7 Å². The minimum atomic E-state index is -0.826. The maximum atomic E-state index is 12.6. The number of ether oxygens (including phenoxy) is 1. The summed E-state index contributed by atoms with van der Waals surface area (Å²) >= 11 is 0. The van der Waals surface area contributed by atoms with Crippen molar-refractivity contribution >= 4 is 23.3 Å². The summed E-state index contributed by atoms with van der Waals surface area (Å²) in [5.41, 5.74) is 2.08. The second-order valence-electron chi connectivity index (χ2n) is 7.03. The SMILES string of the molecule is CNc1ccc([N+](=O)[O-])cc1C(=O)OCC(=O)NC(Cc1ccccc1)c1ccccc1. The topological polar surface area (TPSA) is 111 Å². The van der Waals surface area contributed by atoms with E-state index in [0.29, 0.717) is 12.1 Å². The van der Waals surface area contributed by atoms with Gasteiger partial charge in [-0.25, -0.2) is 4.79 Å². The Kier molecular flexibility index (Phi) is 7.53. The highest BCUT2D eigenvalue weighted by atomic mass is 16.6. The lowest BCUT2D eigenvalue weighted by Gasteiger charge is -2.19. The van der Waals surface area contributed by atoms with E-state index in [4.69, 9.17) is 4.74 Å². The Morgan fingerprint density at radius 2 is 1.66 bits per heavy atom. The molecular weight excluding hydrogens is 410 g/mol. The number of carbonyl (C=O) groups is 2. The Balaban J connectivity index is 1.68. The van der Waals surface area contributed by atoms with Crippen LogP contribution in [0.2, 0.25) is 0 Å². The monoisotopic (exact) mass is 433 g/mol. The van der Waals surface area contributed by atoms with E-state index in [1.54, 1.807) is 7.05 Å². The molecule has 0 saturated carbocycles. The summed E-state index contributed by atoms with van der Waals surface area (Å²) in [6.07, 6.45) is 0.569. The molecule has 0 radical (unpaired) electrons. The number of hydrogen-bond acceptors (Lipinski definition) is 6. The molecule has 1 amide bonds. The second kappa shape index (κ2) is 10.7. The largest absolute Gasteiger partial charge is 0.452 e. The van der Waals surface area contributed by atoms with Gasteiger partial charge in [-0.3, -0.25) is 14.9 Å². The van der Waals surface area contributed by atoms with E-state index < -0.39 is 23.4 Å². The molecule has 0 heterocycles. The molecule has 0 aromatic heterocycles. The summed E-state index contributed by atoms with van der Waals surface area (Å²) in [6.45, 7) is -0.511. The van der Waals surface area contributed by atoms with E-state index in [2.05, 4.69) is 10.6 Å². The van der Waals surface area contributed by atoms with Crippen LogP contribution in [0.3, 0.4) is 0 Å². The number of amides is 1. The van der Waals surface area contributed by atoms with Crippen molar-refractivity contribution in [3.05, 3.63) is 106 Å². The number of anilines is 1. The summed E-state index contributed by atoms with van der Waals surface area (Å²) < 4.78 is 5.14. The third-order valence-corrected chi connectivity index (χ3v) is 4.86. The summed E-state index contributed by atoms with van der Waals surface area (Å²) in [5.74, 6) is -1.30. The zero-order valence-corrected chi connectivity index (χ0v) is 17.5. The van der Waals surface area contributed by atoms with Crippen LogP contribution in [0.15, 0.2) is 78.9 Å². The minimum absolute atomic E-state index is 0.0154. The molecule has 0 saturated heterocycles. The van der Waals surface area contributed by atoms with Gasteiger partial charge >= 0.3 is 5.97 Å². The number of nitro groups is 1. The van der Waals surface area contributed by atoms with Gasteiger partial charge in [-0.05, 0) is 23.6 Å². The number of nitrogens with one attached hydrogen (secondary N) is 2. The first kappa shape index (κ1) is 22.5. The highest BCUT2D eigenvalue weighted by molar-refractivity contribution is 5.97. The lowest BCUT2D eigenvalue weighted by molar-refractivity contribution is -0.384. The zero-order valence-electron chi connectivity index (χ0n) is 17.5. The Morgan fingerprint density at radius 3 is 2.28 bits per heavy atom. The number of hydrogen-bond donors (Lipinski definition) is 2. The number of rotatable bonds is 9. The lowest BCUT2D eigenvalue weighted by Crippen LogP contribution is -2.33. The van der Waals surface area contributed by atoms with Crippen molar-refractivity contribution in [2.75, 3.05) is 19.0 Å². The Morgan fingerprint density at radius 1 is 1.00 bits per heavy atom. The zero-order chi connectivity index (χ0) is 22.9. The quantitative estimate of drug-likeness (QED) is 0.301. The normalized spacial score (nSPS) is 11.3. The highest BCUT2D eigenvalue weighted by Crippen LogP contribution is 2.23. The van der Waals surface area contributed by atoms with Crippen LogP contribution in [0.1, 0.15) is 27.5 Å². The van der Waals surface area contributed by atoms with Crippen LogP contribution < -0.4 is 10.6 Å². The summed E-state index contributed by atoms with van der Waals surface area (Å²) in [7, 11) is 1.58. The number of esters is 1. The molecule has 8 nitrogen and oxygen atoms in total. The fraction of sp³-hybridized carbons (Fsp3) is 0.167. The predicted octanol–water partition coefficient (Wildman–Crippen LogP) is 3.89. The average Bonchev–Trinajstić information content (AvgIpc) is 2.82. The van der Waals surface area contributed by atoms with Crippen LogP contribution in [0.25, 0.3) is 0 Å². The maximum absolute atomic E-state index is 12.6. The van der Waals surface area contributed by atoms with Crippen LogP contribution in [0.4, 0.5) is 11.4 Å². The van der Waals surface area contributed by atoms with Gasteiger partial charge in [0, 0.05) is 24.9 Å². The van der Waals surface area contributed by atoms with E-state index in [1.165, 1.54) is 12.1 Å². The molecule has 0 spiro atoms. The van der Waals surface area contributed by atoms with Gasteiger partial charge in [0.15, 0.2) is 6.61 Å². The molecule has 32 heavy (non-hydrogen) atoms. The van der Waals surface area contributed by atoms with Crippen LogP contribution >= 0.6 is 0 Å². The Bertz CT molecular complexity index is 1090. The molecule has 0 aliphatic heterocycles. The molecule has 3 aromatic carbocycles. The number of nitro benzene ring substituents is 1. The predicted molar refractivity (Wildman–Crippen MR) is 120 cm³/mol. The number of carbonyl (C=O) groups excluding carboxylic acids is 2. The van der Waals surface area contributed by atoms with Crippen molar-refractivity contribution in [2.45, 2.75) is 12.5 Å². The van der Waals surface area contributed by atoms with Gasteiger partial charge in [0.1, 0.15) is 0 Å². The lowest BCUT2D eigenvalue weighted by atomic mass is 9.99. The molecule has 3 rings (SSSR count). The van der Waals surface area contributed by atoms with Crippen molar-refractivity contribution in [2.24, 2.45) is 0 Å². The standard InChI is InChI=1S/C24H23N3O5/c1-25-21-13-12-19(27(30)31)15-20(21)24(29)32-16-23(28)26-22(18-10-6-3-7-11-18)14-17-8-4-2-5-9-17/h2-13,15,22,25H,14,16H2,1H3,(H,26,28). The van der Waals surface area contributed by atoms with E-state index in [0.717, 1.165) is 17.2 Å². The van der Waals surface area contributed by atoms with Crippen molar-refractivity contribution in [1.29, 1.82) is 0 Å². The van der Waals surface area contributed by atoms with E-state index in [1.807, 2.05) is 60.7 Å². The summed E-state index contributed by atoms with van der Waals surface area (Å²) in [4.78, 5) is 35.5. The number of nitrogens with zero attached hydrogens (tertiary/aromatic N) is 1. The Hall–Kier alpha value is -4.20. The molecule has 0 aliphatic carbocycles. The van der Waals surface area contributed by atoms with Gasteiger partial charge in [0.25, 0.3) is 11.6 Å². The van der Waals surface area contributed by atoms with Crippen molar-refractivity contribution in [1.82, 2.24) is 5.32 Å². The smallest absolute Gasteiger partial charge is 0.341 e. The van der Waals surface area contributed by atoms with Gasteiger partial charge in [-0.1, -0.05) is 60.7 Å². The van der Waals surface area contributed by atoms with Gasteiger partial charge < -0.3 is 15.4 Å². The van der Waals surface area contributed by atoms with Gasteiger partial charge in [-0.2, -0.15) is 0 Å². The van der Waals surface area contributed by atoms with E-state index >= 15 is 0 Å². The molecule has 0 fully saturated rings.